The fourth-order valence-corrected chi connectivity index (χ4v) is 1.25. The number of aliphatic carboxylic acids is 1. The lowest BCUT2D eigenvalue weighted by molar-refractivity contribution is -0.156. The van der Waals surface area contributed by atoms with Crippen molar-refractivity contribution in [1.29, 1.82) is 0 Å². The molecular formula is C6H13N3O2. The molecule has 64 valence electrons. The topological polar surface area (TPSA) is 69.8 Å². The summed E-state index contributed by atoms with van der Waals surface area (Å²) in [6, 6.07) is -0.450. The molecule has 1 heterocycles. The summed E-state index contributed by atoms with van der Waals surface area (Å²) >= 11 is 0. The Balaban J connectivity index is 2.58. The van der Waals surface area contributed by atoms with Gasteiger partial charge in [-0.2, -0.15) is 5.12 Å². The maximum Gasteiger partial charge on any atom is 0.322 e. The van der Waals surface area contributed by atoms with Crippen LogP contribution in [0.4, 0.5) is 0 Å². The van der Waals surface area contributed by atoms with E-state index in [-0.39, 0.29) is 0 Å². The number of nitrogens with two attached hydrogens (primary N) is 1. The molecule has 0 radical (unpaired) electrons. The van der Waals surface area contributed by atoms with Gasteiger partial charge in [-0.1, -0.05) is 0 Å². The van der Waals surface area contributed by atoms with Gasteiger partial charge in [-0.3, -0.25) is 10.6 Å². The Bertz CT molecular complexity index is 162. The van der Waals surface area contributed by atoms with E-state index in [1.165, 1.54) is 5.12 Å². The number of hydrazine groups is 2. The van der Waals surface area contributed by atoms with Gasteiger partial charge >= 0.3 is 5.97 Å². The highest BCUT2D eigenvalue weighted by Crippen LogP contribution is 2.12. The van der Waals surface area contributed by atoms with Crippen molar-refractivity contribution in [3.05, 3.63) is 0 Å². The van der Waals surface area contributed by atoms with Crippen molar-refractivity contribution < 1.29 is 9.90 Å². The van der Waals surface area contributed by atoms with Gasteiger partial charge < -0.3 is 5.11 Å². The number of carboxylic acids is 1. The van der Waals surface area contributed by atoms with Gasteiger partial charge in [0.05, 0.1) is 0 Å². The first kappa shape index (κ1) is 8.45. The molecule has 5 nitrogen and oxygen atoms in total. The Morgan fingerprint density at radius 2 is 2.36 bits per heavy atom. The lowest BCUT2D eigenvalue weighted by atomic mass is 10.1. The summed E-state index contributed by atoms with van der Waals surface area (Å²) < 4.78 is 0. The van der Waals surface area contributed by atoms with Gasteiger partial charge in [-0.15, -0.1) is 0 Å². The highest BCUT2D eigenvalue weighted by molar-refractivity contribution is 5.73. The molecule has 1 saturated heterocycles. The molecule has 0 aromatic rings. The zero-order valence-corrected chi connectivity index (χ0v) is 6.53. The standard InChI is InChI=1S/C6H13N3O2/c1-8-5(6(10)11)3-2-4-9(8)7/h5H,2-4,7H2,1H3,(H,10,11). The third-order valence-corrected chi connectivity index (χ3v) is 2.01. The molecule has 1 atom stereocenters. The molecule has 1 unspecified atom stereocenters. The molecule has 1 rings (SSSR count). The van der Waals surface area contributed by atoms with Crippen molar-refractivity contribution in [2.24, 2.45) is 5.84 Å². The summed E-state index contributed by atoms with van der Waals surface area (Å²) in [6.45, 7) is 0.736. The first-order valence-electron chi connectivity index (χ1n) is 3.60. The zero-order valence-electron chi connectivity index (χ0n) is 6.53. The summed E-state index contributed by atoms with van der Waals surface area (Å²) in [7, 11) is 1.69. The van der Waals surface area contributed by atoms with Crippen molar-refractivity contribution in [2.75, 3.05) is 13.6 Å². The van der Waals surface area contributed by atoms with Gasteiger partial charge in [-0.25, -0.2) is 5.01 Å². The van der Waals surface area contributed by atoms with E-state index < -0.39 is 12.0 Å². The molecule has 0 aromatic heterocycles. The average molecular weight is 159 g/mol. The lowest BCUT2D eigenvalue weighted by Gasteiger charge is -2.36. The lowest BCUT2D eigenvalue weighted by Crippen LogP contribution is -2.56. The Morgan fingerprint density at radius 3 is 2.82 bits per heavy atom. The number of carboxylic acid groups (broad SMARTS) is 1. The number of rotatable bonds is 1. The van der Waals surface area contributed by atoms with Gasteiger partial charge in [0.25, 0.3) is 0 Å². The van der Waals surface area contributed by atoms with E-state index >= 15 is 0 Å². The number of hydrogen-bond acceptors (Lipinski definition) is 4. The molecule has 1 fully saturated rings. The highest BCUT2D eigenvalue weighted by Gasteiger charge is 2.28. The molecule has 0 aliphatic carbocycles. The first-order chi connectivity index (χ1) is 5.13. The molecule has 0 saturated carbocycles. The van der Waals surface area contributed by atoms with Crippen LogP contribution in [0.25, 0.3) is 0 Å². The average Bonchev–Trinajstić information content (AvgIpc) is 1.94. The van der Waals surface area contributed by atoms with E-state index in [1.54, 1.807) is 12.1 Å². The van der Waals surface area contributed by atoms with Gasteiger partial charge in [0.15, 0.2) is 0 Å². The Hall–Kier alpha value is -0.650. The van der Waals surface area contributed by atoms with Gasteiger partial charge in [0.2, 0.25) is 0 Å². The minimum absolute atomic E-state index is 0.450. The van der Waals surface area contributed by atoms with E-state index in [2.05, 4.69) is 0 Å². The predicted octanol–water partition coefficient (Wildman–Crippen LogP) is -0.744. The molecule has 11 heavy (non-hydrogen) atoms. The largest absolute Gasteiger partial charge is 0.480 e. The normalized spacial score (nSPS) is 28.7. The minimum Gasteiger partial charge on any atom is -0.480 e. The van der Waals surface area contributed by atoms with Crippen LogP contribution >= 0.6 is 0 Å². The van der Waals surface area contributed by atoms with E-state index in [0.29, 0.717) is 6.42 Å². The Kier molecular flexibility index (Phi) is 2.43. The third kappa shape index (κ3) is 1.68. The van der Waals surface area contributed by atoms with Crippen LogP contribution in [-0.2, 0) is 4.79 Å². The van der Waals surface area contributed by atoms with Crippen LogP contribution in [0.2, 0.25) is 0 Å². The van der Waals surface area contributed by atoms with E-state index in [9.17, 15) is 4.79 Å². The second-order valence-corrected chi connectivity index (χ2v) is 2.73. The van der Waals surface area contributed by atoms with Crippen molar-refractivity contribution in [3.63, 3.8) is 0 Å². The Labute approximate surface area is 65.3 Å². The van der Waals surface area contributed by atoms with Gasteiger partial charge in [0.1, 0.15) is 6.04 Å². The van der Waals surface area contributed by atoms with Crippen LogP contribution in [0.1, 0.15) is 12.8 Å². The molecule has 1 aliphatic heterocycles. The fourth-order valence-electron chi connectivity index (χ4n) is 1.25. The van der Waals surface area contributed by atoms with Crippen LogP contribution in [-0.4, -0.2) is 40.8 Å². The molecule has 0 spiro atoms. The van der Waals surface area contributed by atoms with Crippen LogP contribution in [0.3, 0.4) is 0 Å². The quantitative estimate of drug-likeness (QED) is 0.493. The summed E-state index contributed by atoms with van der Waals surface area (Å²) in [6.07, 6.45) is 1.53. The van der Waals surface area contributed by atoms with E-state index in [1.807, 2.05) is 0 Å². The van der Waals surface area contributed by atoms with Crippen LogP contribution in [0, 0.1) is 0 Å². The van der Waals surface area contributed by atoms with Crippen molar-refractivity contribution >= 4 is 5.97 Å². The number of likely N-dealkylation sites (N-methyl/N-ethyl adjacent to an activating group) is 1. The first-order valence-corrected chi connectivity index (χ1v) is 3.60. The van der Waals surface area contributed by atoms with Crippen molar-refractivity contribution in [2.45, 2.75) is 18.9 Å². The van der Waals surface area contributed by atoms with Crippen molar-refractivity contribution in [3.8, 4) is 0 Å². The van der Waals surface area contributed by atoms with Crippen LogP contribution in [0.15, 0.2) is 0 Å². The third-order valence-electron chi connectivity index (χ3n) is 2.01. The molecule has 1 aliphatic rings. The van der Waals surface area contributed by atoms with Gasteiger partial charge in [-0.05, 0) is 12.8 Å². The number of hydrogen-bond donors (Lipinski definition) is 2. The summed E-state index contributed by atoms with van der Waals surface area (Å²) in [5.41, 5.74) is 0. The maximum atomic E-state index is 10.6. The molecule has 0 aromatic carbocycles. The molecule has 3 N–H and O–H groups in total. The summed E-state index contributed by atoms with van der Waals surface area (Å²) in [5, 5.41) is 11.7. The van der Waals surface area contributed by atoms with Crippen molar-refractivity contribution in [1.82, 2.24) is 10.1 Å². The fraction of sp³-hybridized carbons (Fsp3) is 0.833. The predicted molar refractivity (Wildman–Crippen MR) is 39.3 cm³/mol. The smallest absolute Gasteiger partial charge is 0.322 e. The highest BCUT2D eigenvalue weighted by atomic mass is 16.4. The van der Waals surface area contributed by atoms with E-state index in [4.69, 9.17) is 10.9 Å². The molecular weight excluding hydrogens is 146 g/mol. The Morgan fingerprint density at radius 1 is 1.73 bits per heavy atom. The van der Waals surface area contributed by atoms with Gasteiger partial charge in [0, 0.05) is 13.6 Å². The summed E-state index contributed by atoms with van der Waals surface area (Å²) in [4.78, 5) is 10.6. The van der Waals surface area contributed by atoms with E-state index in [0.717, 1.165) is 13.0 Å². The molecule has 0 amide bonds. The summed E-state index contributed by atoms with van der Waals surface area (Å²) in [5.74, 6) is 4.70. The van der Waals surface area contributed by atoms with Crippen LogP contribution in [0.5, 0.6) is 0 Å². The zero-order chi connectivity index (χ0) is 8.43. The molecule has 5 heteroatoms. The van der Waals surface area contributed by atoms with Crippen LogP contribution < -0.4 is 5.84 Å². The molecule has 0 bridgehead atoms. The second kappa shape index (κ2) is 3.17. The maximum absolute atomic E-state index is 10.6. The number of carbonyl (C=O) groups is 1. The minimum atomic E-state index is -0.803. The SMILES string of the molecule is CN1C(C(=O)O)CCCN1N. The monoisotopic (exact) mass is 159 g/mol. The second-order valence-electron chi connectivity index (χ2n) is 2.73. The number of nitrogens with zero attached hydrogens (tertiary/aromatic N) is 2.